The van der Waals surface area contributed by atoms with E-state index in [9.17, 15) is 9.59 Å². The molecule has 110 valence electrons. The number of aryl methyl sites for hydroxylation is 1. The van der Waals surface area contributed by atoms with Crippen molar-refractivity contribution in [3.63, 3.8) is 0 Å². The van der Waals surface area contributed by atoms with Crippen molar-refractivity contribution in [1.82, 2.24) is 15.6 Å². The summed E-state index contributed by atoms with van der Waals surface area (Å²) < 4.78 is 0. The molecule has 0 aliphatic heterocycles. The molecule has 0 aromatic carbocycles. The molecule has 0 saturated heterocycles. The maximum atomic E-state index is 11.6. The van der Waals surface area contributed by atoms with Crippen LogP contribution in [0.25, 0.3) is 0 Å². The van der Waals surface area contributed by atoms with Gasteiger partial charge in [0, 0.05) is 12.1 Å². The molecule has 5 heteroatoms. The molecule has 0 radical (unpaired) electrons. The van der Waals surface area contributed by atoms with Crippen LogP contribution in [-0.2, 0) is 16.1 Å². The van der Waals surface area contributed by atoms with E-state index in [1.807, 2.05) is 45.9 Å². The van der Waals surface area contributed by atoms with E-state index < -0.39 is 0 Å². The Morgan fingerprint density at radius 3 is 2.45 bits per heavy atom. The van der Waals surface area contributed by atoms with E-state index >= 15 is 0 Å². The van der Waals surface area contributed by atoms with Gasteiger partial charge in [-0.1, -0.05) is 26.8 Å². The van der Waals surface area contributed by atoms with E-state index in [4.69, 9.17) is 0 Å². The van der Waals surface area contributed by atoms with Crippen molar-refractivity contribution in [2.75, 3.05) is 6.54 Å². The van der Waals surface area contributed by atoms with E-state index in [1.165, 1.54) is 0 Å². The van der Waals surface area contributed by atoms with Crippen LogP contribution in [-0.4, -0.2) is 23.3 Å². The molecule has 1 aromatic heterocycles. The van der Waals surface area contributed by atoms with Crippen LogP contribution in [0.4, 0.5) is 0 Å². The Bertz CT molecular complexity index is 478. The SMILES string of the molecule is Cc1cccc(CNC(=O)CNC(=O)CC(C)(C)C)n1. The van der Waals surface area contributed by atoms with Crippen molar-refractivity contribution in [2.45, 2.75) is 40.7 Å². The summed E-state index contributed by atoms with van der Waals surface area (Å²) in [5, 5.41) is 5.34. The third kappa shape index (κ3) is 6.87. The van der Waals surface area contributed by atoms with Gasteiger partial charge in [0.15, 0.2) is 0 Å². The lowest BCUT2D eigenvalue weighted by atomic mass is 9.92. The van der Waals surface area contributed by atoms with Crippen LogP contribution >= 0.6 is 0 Å². The second-order valence-corrected chi connectivity index (χ2v) is 6.06. The summed E-state index contributed by atoms with van der Waals surface area (Å²) in [6, 6.07) is 5.65. The van der Waals surface area contributed by atoms with Crippen LogP contribution in [0.15, 0.2) is 18.2 Å². The van der Waals surface area contributed by atoms with Gasteiger partial charge in [-0.3, -0.25) is 14.6 Å². The lowest BCUT2D eigenvalue weighted by molar-refractivity contribution is -0.127. The highest BCUT2D eigenvalue weighted by Crippen LogP contribution is 2.17. The minimum Gasteiger partial charge on any atom is -0.349 e. The quantitative estimate of drug-likeness (QED) is 0.858. The summed E-state index contributed by atoms with van der Waals surface area (Å²) in [4.78, 5) is 27.5. The van der Waals surface area contributed by atoms with Gasteiger partial charge in [-0.2, -0.15) is 0 Å². The molecule has 0 aliphatic rings. The van der Waals surface area contributed by atoms with Crippen molar-refractivity contribution in [3.8, 4) is 0 Å². The Hall–Kier alpha value is -1.91. The number of hydrogen-bond acceptors (Lipinski definition) is 3. The van der Waals surface area contributed by atoms with Crippen molar-refractivity contribution < 1.29 is 9.59 Å². The molecule has 1 aromatic rings. The fourth-order valence-electron chi connectivity index (χ4n) is 1.67. The highest BCUT2D eigenvalue weighted by molar-refractivity contribution is 5.84. The van der Waals surface area contributed by atoms with Crippen LogP contribution in [0.1, 0.15) is 38.6 Å². The number of carbonyl (C=O) groups is 2. The van der Waals surface area contributed by atoms with Gasteiger partial charge >= 0.3 is 0 Å². The van der Waals surface area contributed by atoms with Gasteiger partial charge in [-0.25, -0.2) is 0 Å². The number of amides is 2. The fraction of sp³-hybridized carbons (Fsp3) is 0.533. The Kier molecular flexibility index (Phi) is 5.67. The number of rotatable bonds is 5. The minimum atomic E-state index is -0.212. The molecule has 0 unspecified atom stereocenters. The van der Waals surface area contributed by atoms with E-state index in [-0.39, 0.29) is 23.8 Å². The molecule has 1 rings (SSSR count). The summed E-state index contributed by atoms with van der Waals surface area (Å²) in [5.41, 5.74) is 1.64. The molecular formula is C15H23N3O2. The van der Waals surface area contributed by atoms with Crippen LogP contribution < -0.4 is 10.6 Å². The zero-order valence-electron chi connectivity index (χ0n) is 12.6. The fourth-order valence-corrected chi connectivity index (χ4v) is 1.67. The summed E-state index contributed by atoms with van der Waals surface area (Å²) in [6.07, 6.45) is 0.402. The molecule has 0 spiro atoms. The Morgan fingerprint density at radius 2 is 1.85 bits per heavy atom. The first-order valence-electron chi connectivity index (χ1n) is 6.72. The zero-order valence-corrected chi connectivity index (χ0v) is 12.6. The third-order valence-electron chi connectivity index (χ3n) is 2.55. The van der Waals surface area contributed by atoms with Crippen molar-refractivity contribution in [3.05, 3.63) is 29.6 Å². The molecule has 0 fully saturated rings. The normalized spacial score (nSPS) is 11.0. The number of nitrogens with zero attached hydrogens (tertiary/aromatic N) is 1. The summed E-state index contributed by atoms with van der Waals surface area (Å²) in [7, 11) is 0. The average molecular weight is 277 g/mol. The number of aromatic nitrogens is 1. The molecule has 0 saturated carbocycles. The topological polar surface area (TPSA) is 71.1 Å². The lowest BCUT2D eigenvalue weighted by Gasteiger charge is -2.17. The molecule has 0 atom stereocenters. The van der Waals surface area contributed by atoms with Gasteiger partial charge in [-0.15, -0.1) is 0 Å². The van der Waals surface area contributed by atoms with E-state index in [0.29, 0.717) is 13.0 Å². The number of hydrogen-bond donors (Lipinski definition) is 2. The third-order valence-corrected chi connectivity index (χ3v) is 2.55. The molecule has 20 heavy (non-hydrogen) atoms. The first-order valence-corrected chi connectivity index (χ1v) is 6.72. The predicted octanol–water partition coefficient (Wildman–Crippen LogP) is 1.56. The second kappa shape index (κ2) is 7.03. The maximum absolute atomic E-state index is 11.6. The van der Waals surface area contributed by atoms with Gasteiger partial charge in [0.2, 0.25) is 11.8 Å². The Morgan fingerprint density at radius 1 is 1.15 bits per heavy atom. The van der Waals surface area contributed by atoms with Gasteiger partial charge in [0.05, 0.1) is 18.8 Å². The molecule has 5 nitrogen and oxygen atoms in total. The van der Waals surface area contributed by atoms with Crippen LogP contribution in [0, 0.1) is 12.3 Å². The van der Waals surface area contributed by atoms with Crippen LogP contribution in [0.5, 0.6) is 0 Å². The van der Waals surface area contributed by atoms with Crippen molar-refractivity contribution >= 4 is 11.8 Å². The van der Waals surface area contributed by atoms with E-state index in [1.54, 1.807) is 0 Å². The van der Waals surface area contributed by atoms with Gasteiger partial charge in [0.1, 0.15) is 0 Å². The summed E-state index contributed by atoms with van der Waals surface area (Å²) >= 11 is 0. The molecule has 0 bridgehead atoms. The Balaban J connectivity index is 2.29. The maximum Gasteiger partial charge on any atom is 0.239 e. The molecule has 2 amide bonds. The Labute approximate surface area is 120 Å². The van der Waals surface area contributed by atoms with Crippen LogP contribution in [0.2, 0.25) is 0 Å². The molecule has 0 aliphatic carbocycles. The minimum absolute atomic E-state index is 0.000723. The summed E-state index contributed by atoms with van der Waals surface area (Å²) in [5.74, 6) is -0.322. The first-order chi connectivity index (χ1) is 9.26. The summed E-state index contributed by atoms with van der Waals surface area (Å²) in [6.45, 7) is 8.22. The van der Waals surface area contributed by atoms with Gasteiger partial charge in [-0.05, 0) is 24.5 Å². The zero-order chi connectivity index (χ0) is 15.2. The van der Waals surface area contributed by atoms with Crippen molar-refractivity contribution in [1.29, 1.82) is 0 Å². The van der Waals surface area contributed by atoms with Crippen molar-refractivity contribution in [2.24, 2.45) is 5.41 Å². The van der Waals surface area contributed by atoms with E-state index in [2.05, 4.69) is 15.6 Å². The lowest BCUT2D eigenvalue weighted by Crippen LogP contribution is -2.37. The monoisotopic (exact) mass is 277 g/mol. The second-order valence-electron chi connectivity index (χ2n) is 6.06. The van der Waals surface area contributed by atoms with Crippen LogP contribution in [0.3, 0.4) is 0 Å². The highest BCUT2D eigenvalue weighted by atomic mass is 16.2. The highest BCUT2D eigenvalue weighted by Gasteiger charge is 2.16. The molecule has 1 heterocycles. The predicted molar refractivity (Wildman–Crippen MR) is 77.9 cm³/mol. The smallest absolute Gasteiger partial charge is 0.239 e. The first kappa shape index (κ1) is 16.1. The number of nitrogens with one attached hydrogen (secondary N) is 2. The molecule has 2 N–H and O–H groups in total. The standard InChI is InChI=1S/C15H23N3O2/c1-11-6-5-7-12(18-11)9-16-14(20)10-17-13(19)8-15(2,3)4/h5-7H,8-10H2,1-4H3,(H,16,20)(H,17,19). The van der Waals surface area contributed by atoms with E-state index in [0.717, 1.165) is 11.4 Å². The van der Waals surface area contributed by atoms with Gasteiger partial charge in [0.25, 0.3) is 0 Å². The number of carbonyl (C=O) groups excluding carboxylic acids is 2. The van der Waals surface area contributed by atoms with Gasteiger partial charge < -0.3 is 10.6 Å². The largest absolute Gasteiger partial charge is 0.349 e. The number of pyridine rings is 1. The average Bonchev–Trinajstić information content (AvgIpc) is 2.32. The molecular weight excluding hydrogens is 254 g/mol.